The Balaban J connectivity index is 1.29. The number of carbonyl (C=O) groups excluding carboxylic acids is 1. The van der Waals surface area contributed by atoms with Crippen LogP contribution < -0.4 is 5.32 Å². The highest BCUT2D eigenvalue weighted by atomic mass is 32.1. The van der Waals surface area contributed by atoms with Crippen LogP contribution in [0.1, 0.15) is 45.6 Å². The van der Waals surface area contributed by atoms with Crippen molar-refractivity contribution in [3.8, 4) is 11.3 Å². The smallest absolute Gasteiger partial charge is 0.273 e. The summed E-state index contributed by atoms with van der Waals surface area (Å²) in [6.07, 6.45) is 3.04. The van der Waals surface area contributed by atoms with Gasteiger partial charge in [-0.15, -0.1) is 11.3 Å². The molecule has 0 aliphatic heterocycles. The first-order valence-electron chi connectivity index (χ1n) is 8.45. The number of nitrogens with one attached hydrogen (secondary N) is 1. The molecule has 1 saturated carbocycles. The monoisotopic (exact) mass is 353 g/mol. The molecule has 5 nitrogen and oxygen atoms in total. The minimum absolute atomic E-state index is 0.176. The van der Waals surface area contributed by atoms with Gasteiger partial charge in [0.25, 0.3) is 5.91 Å². The molecular formula is C19H19N3O2S. The Hall–Kier alpha value is -2.47. The van der Waals surface area contributed by atoms with Crippen LogP contribution in [0.5, 0.6) is 0 Å². The van der Waals surface area contributed by atoms with Crippen LogP contribution in [-0.2, 0) is 6.42 Å². The summed E-state index contributed by atoms with van der Waals surface area (Å²) < 4.78 is 5.22. The number of carbonyl (C=O) groups is 1. The van der Waals surface area contributed by atoms with E-state index in [4.69, 9.17) is 4.52 Å². The lowest BCUT2D eigenvalue weighted by Gasteiger charge is -2.04. The van der Waals surface area contributed by atoms with Crippen molar-refractivity contribution in [3.05, 3.63) is 57.7 Å². The highest BCUT2D eigenvalue weighted by molar-refractivity contribution is 7.09. The average Bonchev–Trinajstić information content (AvgIpc) is 3.18. The molecule has 1 aromatic carbocycles. The molecule has 2 heterocycles. The molecule has 25 heavy (non-hydrogen) atoms. The zero-order valence-electron chi connectivity index (χ0n) is 14.0. The zero-order valence-corrected chi connectivity index (χ0v) is 14.8. The second-order valence-electron chi connectivity index (χ2n) is 6.34. The molecule has 0 atom stereocenters. The Labute approximate surface area is 150 Å². The van der Waals surface area contributed by atoms with Gasteiger partial charge < -0.3 is 9.84 Å². The minimum Gasteiger partial charge on any atom is -0.360 e. The molecule has 6 heteroatoms. The maximum atomic E-state index is 12.1. The summed E-state index contributed by atoms with van der Waals surface area (Å²) in [5.74, 6) is 1.12. The second-order valence-corrected chi connectivity index (χ2v) is 7.41. The lowest BCUT2D eigenvalue weighted by molar-refractivity contribution is 0.0945. The predicted molar refractivity (Wildman–Crippen MR) is 96.8 cm³/mol. The molecule has 3 aromatic rings. The molecule has 2 aromatic heterocycles. The topological polar surface area (TPSA) is 68.0 Å². The summed E-state index contributed by atoms with van der Waals surface area (Å²) >= 11 is 1.65. The predicted octanol–water partition coefficient (Wildman–Crippen LogP) is 3.96. The molecular weight excluding hydrogens is 334 g/mol. The van der Waals surface area contributed by atoms with Gasteiger partial charge in [0.2, 0.25) is 0 Å². The maximum Gasteiger partial charge on any atom is 0.273 e. The third-order valence-corrected chi connectivity index (χ3v) is 5.08. The van der Waals surface area contributed by atoms with Gasteiger partial charge in [-0.2, -0.15) is 0 Å². The minimum atomic E-state index is -0.176. The third kappa shape index (κ3) is 3.79. The molecule has 1 amide bonds. The maximum absolute atomic E-state index is 12.1. The van der Waals surface area contributed by atoms with E-state index in [1.165, 1.54) is 5.56 Å². The van der Waals surface area contributed by atoms with Gasteiger partial charge in [-0.1, -0.05) is 29.4 Å². The molecule has 0 unspecified atom stereocenters. The number of benzene rings is 1. The van der Waals surface area contributed by atoms with Crippen molar-refractivity contribution in [2.75, 3.05) is 6.54 Å². The number of rotatable bonds is 6. The summed E-state index contributed by atoms with van der Waals surface area (Å²) in [4.78, 5) is 16.6. The first-order valence-corrected chi connectivity index (χ1v) is 9.33. The fourth-order valence-corrected chi connectivity index (χ4v) is 3.33. The third-order valence-electron chi connectivity index (χ3n) is 4.31. The van der Waals surface area contributed by atoms with Crippen molar-refractivity contribution < 1.29 is 9.32 Å². The second kappa shape index (κ2) is 6.80. The van der Waals surface area contributed by atoms with Crippen LogP contribution in [0.25, 0.3) is 11.3 Å². The first-order chi connectivity index (χ1) is 12.2. The molecule has 1 N–H and O–H groups in total. The highest BCUT2D eigenvalue weighted by Crippen LogP contribution is 2.40. The van der Waals surface area contributed by atoms with Gasteiger partial charge >= 0.3 is 0 Å². The van der Waals surface area contributed by atoms with E-state index in [9.17, 15) is 4.79 Å². The summed E-state index contributed by atoms with van der Waals surface area (Å²) in [7, 11) is 0. The van der Waals surface area contributed by atoms with E-state index in [1.54, 1.807) is 17.4 Å². The van der Waals surface area contributed by atoms with Crippen molar-refractivity contribution in [2.24, 2.45) is 0 Å². The van der Waals surface area contributed by atoms with E-state index in [0.717, 1.165) is 41.3 Å². The van der Waals surface area contributed by atoms with Gasteiger partial charge in [-0.05, 0) is 31.7 Å². The molecule has 0 radical (unpaired) electrons. The molecule has 0 saturated heterocycles. The van der Waals surface area contributed by atoms with Crippen LogP contribution in [0, 0.1) is 6.92 Å². The molecule has 1 aliphatic carbocycles. The lowest BCUT2D eigenvalue weighted by atomic mass is 10.1. The number of nitrogens with zero attached hydrogens (tertiary/aromatic N) is 2. The standard InChI is InChI=1S/C19H19N3O2S/c1-12-21-17(11-25-12)14-4-2-13(3-5-14)8-9-20-19(23)16-10-18(24-22-16)15-6-7-15/h2-5,10-11,15H,6-9H2,1H3,(H,20,23). The average molecular weight is 353 g/mol. The Morgan fingerprint density at radius 2 is 2.12 bits per heavy atom. The Kier molecular flexibility index (Phi) is 4.36. The number of hydrogen-bond acceptors (Lipinski definition) is 5. The van der Waals surface area contributed by atoms with Crippen LogP contribution in [0.4, 0.5) is 0 Å². The lowest BCUT2D eigenvalue weighted by Crippen LogP contribution is -2.25. The van der Waals surface area contributed by atoms with Gasteiger partial charge in [0.05, 0.1) is 10.7 Å². The van der Waals surface area contributed by atoms with Gasteiger partial charge in [0, 0.05) is 29.5 Å². The molecule has 1 aliphatic rings. The zero-order chi connectivity index (χ0) is 17.2. The summed E-state index contributed by atoms with van der Waals surface area (Å²) in [6, 6.07) is 10.1. The SMILES string of the molecule is Cc1nc(-c2ccc(CCNC(=O)c3cc(C4CC4)on3)cc2)cs1. The fraction of sp³-hybridized carbons (Fsp3) is 0.316. The van der Waals surface area contributed by atoms with Gasteiger partial charge in [0.15, 0.2) is 5.69 Å². The van der Waals surface area contributed by atoms with Crippen molar-refractivity contribution >= 4 is 17.2 Å². The van der Waals surface area contributed by atoms with Crippen LogP contribution in [0.2, 0.25) is 0 Å². The fourth-order valence-electron chi connectivity index (χ4n) is 2.71. The van der Waals surface area contributed by atoms with E-state index in [-0.39, 0.29) is 5.91 Å². The Morgan fingerprint density at radius 3 is 2.80 bits per heavy atom. The van der Waals surface area contributed by atoms with Gasteiger partial charge in [0.1, 0.15) is 5.76 Å². The van der Waals surface area contributed by atoms with Crippen molar-refractivity contribution in [2.45, 2.75) is 32.1 Å². The van der Waals surface area contributed by atoms with Crippen molar-refractivity contribution in [1.29, 1.82) is 0 Å². The first kappa shape index (κ1) is 16.0. The number of hydrogen-bond donors (Lipinski definition) is 1. The summed E-state index contributed by atoms with van der Waals surface area (Å²) in [6.45, 7) is 2.58. The molecule has 0 bridgehead atoms. The highest BCUT2D eigenvalue weighted by Gasteiger charge is 2.28. The number of aryl methyl sites for hydroxylation is 1. The van der Waals surface area contributed by atoms with E-state index in [0.29, 0.717) is 18.2 Å². The molecule has 4 rings (SSSR count). The van der Waals surface area contributed by atoms with E-state index < -0.39 is 0 Å². The van der Waals surface area contributed by atoms with Crippen LogP contribution in [-0.4, -0.2) is 22.6 Å². The molecule has 0 spiro atoms. The van der Waals surface area contributed by atoms with Crippen LogP contribution in [0.3, 0.4) is 0 Å². The largest absolute Gasteiger partial charge is 0.360 e. The summed E-state index contributed by atoms with van der Waals surface area (Å²) in [5, 5.41) is 9.89. The van der Waals surface area contributed by atoms with E-state index in [1.807, 2.05) is 6.92 Å². The van der Waals surface area contributed by atoms with Gasteiger partial charge in [-0.3, -0.25) is 4.79 Å². The Bertz CT molecular complexity index is 878. The summed E-state index contributed by atoms with van der Waals surface area (Å²) in [5.41, 5.74) is 3.68. The Morgan fingerprint density at radius 1 is 1.32 bits per heavy atom. The quantitative estimate of drug-likeness (QED) is 0.728. The number of aromatic nitrogens is 2. The van der Waals surface area contributed by atoms with Crippen molar-refractivity contribution in [3.63, 3.8) is 0 Å². The van der Waals surface area contributed by atoms with E-state index >= 15 is 0 Å². The molecule has 128 valence electrons. The van der Waals surface area contributed by atoms with Crippen LogP contribution >= 0.6 is 11.3 Å². The number of amides is 1. The van der Waals surface area contributed by atoms with Gasteiger partial charge in [-0.25, -0.2) is 4.98 Å². The normalized spacial score (nSPS) is 13.8. The van der Waals surface area contributed by atoms with Crippen molar-refractivity contribution in [1.82, 2.24) is 15.5 Å². The molecule has 1 fully saturated rings. The van der Waals surface area contributed by atoms with Crippen LogP contribution in [0.15, 0.2) is 40.2 Å². The number of thiazole rings is 1. The van der Waals surface area contributed by atoms with E-state index in [2.05, 4.69) is 45.1 Å².